The Balaban J connectivity index is 0.000000671. The fourth-order valence-corrected chi connectivity index (χ4v) is 4.36. The van der Waals surface area contributed by atoms with E-state index in [0.29, 0.717) is 17.9 Å². The molecule has 0 aliphatic carbocycles. The van der Waals surface area contributed by atoms with E-state index < -0.39 is 42.5 Å². The Hall–Kier alpha value is -6.19. The van der Waals surface area contributed by atoms with E-state index in [1.807, 2.05) is 66.7 Å². The number of aryl methyl sites for hydroxylation is 1. The number of carboxylic acids is 2. The van der Waals surface area contributed by atoms with Crippen molar-refractivity contribution < 1.29 is 42.5 Å². The van der Waals surface area contributed by atoms with Gasteiger partial charge in [0.2, 0.25) is 0 Å². The van der Waals surface area contributed by atoms with Crippen LogP contribution >= 0.6 is 0 Å². The zero-order chi connectivity index (χ0) is 34.8. The van der Waals surface area contributed by atoms with Gasteiger partial charge in [0.25, 0.3) is 0 Å². The van der Waals surface area contributed by atoms with Gasteiger partial charge in [-0.1, -0.05) is 60.7 Å². The van der Waals surface area contributed by atoms with Crippen LogP contribution in [0.1, 0.15) is 29.3 Å². The third-order valence-electron chi connectivity index (χ3n) is 6.63. The molecule has 3 aromatic carbocycles. The molecule has 2 aromatic heterocycles. The second-order valence-corrected chi connectivity index (χ2v) is 10.2. The fourth-order valence-electron chi connectivity index (χ4n) is 4.36. The molecule has 13 nitrogen and oxygen atoms in total. The molecule has 16 heteroatoms. The van der Waals surface area contributed by atoms with E-state index in [2.05, 4.69) is 25.6 Å². The summed E-state index contributed by atoms with van der Waals surface area (Å²) in [5.41, 5.74) is 4.34. The lowest BCUT2D eigenvalue weighted by Gasteiger charge is -2.20. The number of fused-ring (bicyclic) bond motifs is 1. The van der Waals surface area contributed by atoms with Crippen molar-refractivity contribution >= 4 is 34.9 Å². The first-order chi connectivity index (χ1) is 22.8. The van der Waals surface area contributed by atoms with Gasteiger partial charge in [0.15, 0.2) is 0 Å². The number of anilines is 1. The number of imidazole rings is 1. The Kier molecular flexibility index (Phi) is 11.1. The van der Waals surface area contributed by atoms with Gasteiger partial charge in [-0.15, -0.1) is 0 Å². The third kappa shape index (κ3) is 9.65. The highest BCUT2D eigenvalue weighted by atomic mass is 19.4. The minimum atomic E-state index is -5.08. The molecule has 0 spiro atoms. The quantitative estimate of drug-likeness (QED) is 0.132. The highest BCUT2D eigenvalue weighted by Crippen LogP contribution is 2.22. The van der Waals surface area contributed by atoms with E-state index in [1.165, 1.54) is 6.20 Å². The smallest absolute Gasteiger partial charge is 0.481 e. The van der Waals surface area contributed by atoms with Crippen molar-refractivity contribution in [1.82, 2.24) is 24.8 Å². The van der Waals surface area contributed by atoms with Crippen molar-refractivity contribution in [3.05, 3.63) is 112 Å². The predicted octanol–water partition coefficient (Wildman–Crippen LogP) is 5.24. The lowest BCUT2D eigenvalue weighted by molar-refractivity contribution is -0.192. The number of hydrogen-bond acceptors (Lipinski definition) is 8. The Morgan fingerprint density at radius 2 is 1.62 bits per heavy atom. The molecule has 0 aliphatic heterocycles. The molecule has 0 saturated carbocycles. The van der Waals surface area contributed by atoms with E-state index in [4.69, 9.17) is 14.6 Å². The average Bonchev–Trinajstić information content (AvgIpc) is 3.49. The number of aromatic amines is 1. The Morgan fingerprint density at radius 1 is 0.958 bits per heavy atom. The van der Waals surface area contributed by atoms with Crippen LogP contribution in [0.3, 0.4) is 0 Å². The van der Waals surface area contributed by atoms with E-state index in [-0.39, 0.29) is 6.61 Å². The number of aromatic nitrogens is 4. The minimum Gasteiger partial charge on any atom is -0.481 e. The van der Waals surface area contributed by atoms with Crippen LogP contribution in [0.2, 0.25) is 0 Å². The molecule has 48 heavy (non-hydrogen) atoms. The molecule has 0 fully saturated rings. The number of aliphatic carboxylic acids is 2. The number of H-pyrrole nitrogens is 1. The van der Waals surface area contributed by atoms with Crippen molar-refractivity contribution in [2.75, 3.05) is 5.32 Å². The molecule has 1 atom stereocenters. The topological polar surface area (TPSA) is 189 Å². The SMILES string of the molecule is Cc1cn(C(CC(=O)O)NC(=O)OCc2ccccc2)c(=O)nc1NCc1cccc(-c2nc3ccccc3[nH]2)c1.O=C(O)C(F)(F)F. The summed E-state index contributed by atoms with van der Waals surface area (Å²) < 4.78 is 38.0. The van der Waals surface area contributed by atoms with Gasteiger partial charge in [-0.25, -0.2) is 19.4 Å². The van der Waals surface area contributed by atoms with Crippen LogP contribution in [-0.4, -0.2) is 53.9 Å². The van der Waals surface area contributed by atoms with Crippen LogP contribution in [-0.2, 0) is 27.5 Å². The number of nitrogens with zero attached hydrogens (tertiary/aromatic N) is 3. The molecule has 0 saturated heterocycles. The summed E-state index contributed by atoms with van der Waals surface area (Å²) in [4.78, 5) is 57.8. The summed E-state index contributed by atoms with van der Waals surface area (Å²) in [6.45, 7) is 2.12. The molecule has 5 aromatic rings. The molecule has 1 unspecified atom stereocenters. The molecule has 0 bridgehead atoms. The second-order valence-electron chi connectivity index (χ2n) is 10.2. The maximum atomic E-state index is 12.9. The van der Waals surface area contributed by atoms with Gasteiger partial charge in [-0.05, 0) is 36.2 Å². The first kappa shape index (κ1) is 34.7. The molecule has 5 N–H and O–H groups in total. The number of nitrogens with one attached hydrogen (secondary N) is 3. The van der Waals surface area contributed by atoms with E-state index in [1.54, 1.807) is 19.1 Å². The Labute approximate surface area is 270 Å². The maximum absolute atomic E-state index is 12.9. The molecule has 0 aliphatic rings. The van der Waals surface area contributed by atoms with Gasteiger partial charge in [0.05, 0.1) is 17.5 Å². The summed E-state index contributed by atoms with van der Waals surface area (Å²) >= 11 is 0. The van der Waals surface area contributed by atoms with E-state index in [9.17, 15) is 32.7 Å². The van der Waals surface area contributed by atoms with Gasteiger partial charge >= 0.3 is 29.9 Å². The predicted molar refractivity (Wildman–Crippen MR) is 167 cm³/mol. The number of ether oxygens (including phenoxy) is 1. The molecule has 250 valence electrons. The standard InChI is InChI=1S/C30H28N6O5.C2HF3O2/c1-19-17-36(25(15-26(37)38)34-30(40)41-18-20-8-3-2-4-9-20)29(39)35-27(19)31-16-21-10-7-11-22(14-21)28-32-23-12-5-6-13-24(23)33-28;3-2(4,5)1(6)7/h2-14,17,25H,15-16,18H2,1H3,(H,32,33)(H,34,40)(H,37,38)(H,31,35,39);(H,6,7). The highest BCUT2D eigenvalue weighted by Gasteiger charge is 2.38. The van der Waals surface area contributed by atoms with E-state index in [0.717, 1.165) is 38.1 Å². The first-order valence-electron chi connectivity index (χ1n) is 14.2. The number of rotatable bonds is 10. The summed E-state index contributed by atoms with van der Waals surface area (Å²) in [7, 11) is 0. The normalized spacial score (nSPS) is 11.6. The number of para-hydroxylation sites is 2. The lowest BCUT2D eigenvalue weighted by atomic mass is 10.1. The molecule has 1 amide bonds. The number of carboxylic acid groups (broad SMARTS) is 2. The number of hydrogen-bond donors (Lipinski definition) is 5. The van der Waals surface area contributed by atoms with Crippen LogP contribution in [0.25, 0.3) is 22.4 Å². The number of benzene rings is 3. The largest absolute Gasteiger partial charge is 0.490 e. The summed E-state index contributed by atoms with van der Waals surface area (Å²) in [6, 6.07) is 24.7. The number of halogens is 3. The van der Waals surface area contributed by atoms with Crippen LogP contribution in [0.5, 0.6) is 0 Å². The number of carbonyl (C=O) groups is 3. The molecule has 0 radical (unpaired) electrons. The van der Waals surface area contributed by atoms with Gasteiger partial charge in [-0.2, -0.15) is 18.2 Å². The van der Waals surface area contributed by atoms with E-state index >= 15 is 0 Å². The van der Waals surface area contributed by atoms with Gasteiger partial charge in [0, 0.05) is 23.9 Å². The average molecular weight is 667 g/mol. The molecule has 5 rings (SSSR count). The van der Waals surface area contributed by atoms with Crippen LogP contribution in [0.4, 0.5) is 23.8 Å². The zero-order valence-electron chi connectivity index (χ0n) is 25.2. The zero-order valence-corrected chi connectivity index (χ0v) is 25.2. The summed E-state index contributed by atoms with van der Waals surface area (Å²) in [5.74, 6) is -2.85. The monoisotopic (exact) mass is 666 g/mol. The second kappa shape index (κ2) is 15.4. The first-order valence-corrected chi connectivity index (χ1v) is 14.2. The third-order valence-corrected chi connectivity index (χ3v) is 6.63. The maximum Gasteiger partial charge on any atom is 0.490 e. The van der Waals surface area contributed by atoms with Crippen LogP contribution in [0.15, 0.2) is 89.9 Å². The summed E-state index contributed by atoms with van der Waals surface area (Å²) in [5, 5.41) is 22.2. The van der Waals surface area contributed by atoms with Crippen molar-refractivity contribution in [3.63, 3.8) is 0 Å². The summed E-state index contributed by atoms with van der Waals surface area (Å²) in [6.07, 6.45) is -6.20. The Bertz CT molecular complexity index is 1930. The van der Waals surface area contributed by atoms with Crippen molar-refractivity contribution in [2.24, 2.45) is 0 Å². The molecular weight excluding hydrogens is 637 g/mol. The highest BCUT2D eigenvalue weighted by molar-refractivity contribution is 5.79. The minimum absolute atomic E-state index is 0.000949. The van der Waals surface area contributed by atoms with Crippen molar-refractivity contribution in [2.45, 2.75) is 38.8 Å². The number of alkyl carbamates (subject to hydrolysis) is 1. The molecular formula is C32H29F3N6O7. The Morgan fingerprint density at radius 3 is 2.29 bits per heavy atom. The number of carbonyl (C=O) groups excluding carboxylic acids is 1. The van der Waals surface area contributed by atoms with Crippen molar-refractivity contribution in [1.29, 1.82) is 0 Å². The fraction of sp³-hybridized carbons (Fsp3) is 0.188. The molecule has 2 heterocycles. The number of alkyl halides is 3. The van der Waals surface area contributed by atoms with Crippen LogP contribution < -0.4 is 16.3 Å². The van der Waals surface area contributed by atoms with Gasteiger partial charge in [0.1, 0.15) is 24.4 Å². The lowest BCUT2D eigenvalue weighted by Crippen LogP contribution is -2.40. The number of amides is 1. The van der Waals surface area contributed by atoms with Gasteiger partial charge in [-0.3, -0.25) is 9.36 Å². The van der Waals surface area contributed by atoms with Gasteiger partial charge < -0.3 is 30.6 Å². The van der Waals surface area contributed by atoms with Crippen molar-refractivity contribution in [3.8, 4) is 11.4 Å². The van der Waals surface area contributed by atoms with Crippen LogP contribution in [0, 0.1) is 6.92 Å².